The molecule has 7 nitrogen and oxygen atoms in total. The van der Waals surface area contributed by atoms with Crippen LogP contribution in [0.1, 0.15) is 24.2 Å². The molecule has 1 aromatic heterocycles. The van der Waals surface area contributed by atoms with E-state index in [9.17, 15) is 9.59 Å². The number of hydrogen-bond acceptors (Lipinski definition) is 5. The Bertz CT molecular complexity index is 770. The van der Waals surface area contributed by atoms with Crippen molar-refractivity contribution in [1.82, 2.24) is 19.7 Å². The van der Waals surface area contributed by atoms with Crippen LogP contribution in [0.15, 0.2) is 35.5 Å². The largest absolute Gasteiger partial charge is 0.481 e. The molecule has 26 heavy (non-hydrogen) atoms. The van der Waals surface area contributed by atoms with E-state index in [0.717, 1.165) is 16.5 Å². The molecule has 1 amide bonds. The Morgan fingerprint density at radius 3 is 2.54 bits per heavy atom. The van der Waals surface area contributed by atoms with Gasteiger partial charge in [0.2, 0.25) is 5.91 Å². The smallest absolute Gasteiger partial charge is 0.306 e. The zero-order valence-corrected chi connectivity index (χ0v) is 15.5. The first-order valence-electron chi connectivity index (χ1n) is 8.61. The number of carbonyl (C=O) groups excluding carboxylic acids is 1. The highest BCUT2D eigenvalue weighted by Gasteiger charge is 2.27. The van der Waals surface area contributed by atoms with Crippen molar-refractivity contribution in [3.63, 3.8) is 0 Å². The molecule has 1 aromatic carbocycles. The monoisotopic (exact) mass is 374 g/mol. The average molecular weight is 374 g/mol. The van der Waals surface area contributed by atoms with Crippen molar-refractivity contribution < 1.29 is 14.7 Å². The van der Waals surface area contributed by atoms with Crippen LogP contribution in [0.3, 0.4) is 0 Å². The quantitative estimate of drug-likeness (QED) is 0.779. The van der Waals surface area contributed by atoms with Crippen LogP contribution in [0.5, 0.6) is 0 Å². The number of thioether (sulfide) groups is 1. The number of benzene rings is 1. The van der Waals surface area contributed by atoms with E-state index in [4.69, 9.17) is 5.11 Å². The number of carboxylic acid groups (broad SMARTS) is 1. The Kier molecular flexibility index (Phi) is 5.92. The third kappa shape index (κ3) is 4.43. The van der Waals surface area contributed by atoms with Crippen molar-refractivity contribution in [2.75, 3.05) is 18.8 Å². The zero-order valence-electron chi connectivity index (χ0n) is 14.7. The highest BCUT2D eigenvalue weighted by atomic mass is 32.2. The Morgan fingerprint density at radius 2 is 1.88 bits per heavy atom. The number of likely N-dealkylation sites (tertiary alicyclic amines) is 1. The normalized spacial score (nSPS) is 15.2. The molecule has 1 aliphatic rings. The number of amides is 1. The molecule has 1 aliphatic heterocycles. The van der Waals surface area contributed by atoms with Gasteiger partial charge in [-0.3, -0.25) is 9.59 Å². The maximum atomic E-state index is 12.4. The van der Waals surface area contributed by atoms with Crippen LogP contribution in [-0.2, 0) is 16.1 Å². The van der Waals surface area contributed by atoms with Gasteiger partial charge in [-0.1, -0.05) is 42.1 Å². The summed E-state index contributed by atoms with van der Waals surface area (Å²) in [7, 11) is 0. The van der Waals surface area contributed by atoms with E-state index in [0.29, 0.717) is 32.5 Å². The van der Waals surface area contributed by atoms with Crippen LogP contribution in [0.4, 0.5) is 0 Å². The molecule has 0 saturated carbocycles. The summed E-state index contributed by atoms with van der Waals surface area (Å²) in [6.07, 6.45) is 1.05. The SMILES string of the molecule is Cc1nnc(SCC(=O)N2CCC(C(=O)O)CC2)n1Cc1ccccc1. The fourth-order valence-corrected chi connectivity index (χ4v) is 3.90. The van der Waals surface area contributed by atoms with Crippen LogP contribution in [0, 0.1) is 12.8 Å². The van der Waals surface area contributed by atoms with Crippen LogP contribution in [0.2, 0.25) is 0 Å². The Labute approximate surface area is 156 Å². The third-order valence-electron chi connectivity index (χ3n) is 4.61. The predicted molar refractivity (Wildman–Crippen MR) is 98.0 cm³/mol. The molecule has 138 valence electrons. The van der Waals surface area contributed by atoms with Crippen LogP contribution in [0.25, 0.3) is 0 Å². The number of hydrogen-bond donors (Lipinski definition) is 1. The van der Waals surface area contributed by atoms with Gasteiger partial charge in [-0.25, -0.2) is 0 Å². The highest BCUT2D eigenvalue weighted by Crippen LogP contribution is 2.21. The third-order valence-corrected chi connectivity index (χ3v) is 5.56. The van der Waals surface area contributed by atoms with Crippen molar-refractivity contribution in [1.29, 1.82) is 0 Å². The molecule has 2 heterocycles. The fraction of sp³-hybridized carbons (Fsp3) is 0.444. The lowest BCUT2D eigenvalue weighted by molar-refractivity contribution is -0.145. The van der Waals surface area contributed by atoms with Gasteiger partial charge in [0.15, 0.2) is 5.16 Å². The summed E-state index contributed by atoms with van der Waals surface area (Å²) in [5.74, 6) is 0.0149. The number of piperidine rings is 1. The van der Waals surface area contributed by atoms with Gasteiger partial charge in [0.1, 0.15) is 5.82 Å². The van der Waals surface area contributed by atoms with Crippen molar-refractivity contribution in [3.05, 3.63) is 41.7 Å². The van der Waals surface area contributed by atoms with Crippen molar-refractivity contribution >= 4 is 23.6 Å². The van der Waals surface area contributed by atoms with E-state index in [1.165, 1.54) is 11.8 Å². The molecule has 1 N–H and O–H groups in total. The molecule has 1 saturated heterocycles. The number of carboxylic acids is 1. The second kappa shape index (κ2) is 8.35. The summed E-state index contributed by atoms with van der Waals surface area (Å²) in [4.78, 5) is 25.2. The summed E-state index contributed by atoms with van der Waals surface area (Å²) in [5, 5.41) is 18.1. The van der Waals surface area contributed by atoms with Gasteiger partial charge in [-0.2, -0.15) is 0 Å². The van der Waals surface area contributed by atoms with E-state index < -0.39 is 5.97 Å². The van der Waals surface area contributed by atoms with Crippen LogP contribution in [-0.4, -0.2) is 55.5 Å². The minimum absolute atomic E-state index is 0.0192. The van der Waals surface area contributed by atoms with E-state index in [1.807, 2.05) is 41.8 Å². The van der Waals surface area contributed by atoms with Crippen LogP contribution >= 0.6 is 11.8 Å². The fourth-order valence-electron chi connectivity index (χ4n) is 3.01. The lowest BCUT2D eigenvalue weighted by atomic mass is 9.97. The summed E-state index contributed by atoms with van der Waals surface area (Å²) < 4.78 is 2.00. The Morgan fingerprint density at radius 1 is 1.19 bits per heavy atom. The number of aliphatic carboxylic acids is 1. The average Bonchev–Trinajstić information content (AvgIpc) is 3.00. The topological polar surface area (TPSA) is 88.3 Å². The number of carbonyl (C=O) groups is 2. The lowest BCUT2D eigenvalue weighted by Gasteiger charge is -2.30. The number of aromatic nitrogens is 3. The summed E-state index contributed by atoms with van der Waals surface area (Å²) in [6, 6.07) is 10.1. The van der Waals surface area contributed by atoms with Gasteiger partial charge in [-0.15, -0.1) is 10.2 Å². The standard InChI is InChI=1S/C18H22N4O3S/c1-13-19-20-18(22(13)11-14-5-3-2-4-6-14)26-12-16(23)21-9-7-15(8-10-21)17(24)25/h2-6,15H,7-12H2,1H3,(H,24,25). The molecule has 0 radical (unpaired) electrons. The molecule has 3 rings (SSSR count). The van der Waals surface area contributed by atoms with Crippen molar-refractivity contribution in [2.24, 2.45) is 5.92 Å². The summed E-state index contributed by atoms with van der Waals surface area (Å²) >= 11 is 1.38. The van der Waals surface area contributed by atoms with E-state index >= 15 is 0 Å². The summed E-state index contributed by atoms with van der Waals surface area (Å²) in [5.41, 5.74) is 1.15. The molecule has 2 aromatic rings. The minimum atomic E-state index is -0.768. The van der Waals surface area contributed by atoms with Gasteiger partial charge >= 0.3 is 5.97 Å². The molecule has 1 fully saturated rings. The second-order valence-corrected chi connectivity index (χ2v) is 7.33. The number of aryl methyl sites for hydroxylation is 1. The van der Waals surface area contributed by atoms with E-state index in [1.54, 1.807) is 4.90 Å². The van der Waals surface area contributed by atoms with Crippen molar-refractivity contribution in [3.8, 4) is 0 Å². The number of rotatable bonds is 6. The first kappa shape index (κ1) is 18.4. The molecule has 0 unspecified atom stereocenters. The van der Waals surface area contributed by atoms with E-state index in [-0.39, 0.29) is 17.6 Å². The maximum Gasteiger partial charge on any atom is 0.306 e. The van der Waals surface area contributed by atoms with Crippen LogP contribution < -0.4 is 0 Å². The van der Waals surface area contributed by atoms with Gasteiger partial charge < -0.3 is 14.6 Å². The predicted octanol–water partition coefficient (Wildman–Crippen LogP) is 2.05. The second-order valence-electron chi connectivity index (χ2n) is 6.38. The molecule has 0 aliphatic carbocycles. The molecule has 0 atom stereocenters. The molecular weight excluding hydrogens is 352 g/mol. The molecular formula is C18H22N4O3S. The van der Waals surface area contributed by atoms with Gasteiger partial charge in [0.25, 0.3) is 0 Å². The van der Waals surface area contributed by atoms with E-state index in [2.05, 4.69) is 10.2 Å². The molecule has 0 spiro atoms. The Hall–Kier alpha value is -2.35. The summed E-state index contributed by atoms with van der Waals surface area (Å²) in [6.45, 7) is 3.58. The maximum absolute atomic E-state index is 12.4. The van der Waals surface area contributed by atoms with Gasteiger partial charge in [0, 0.05) is 13.1 Å². The zero-order chi connectivity index (χ0) is 18.5. The van der Waals surface area contributed by atoms with Crippen molar-refractivity contribution in [2.45, 2.75) is 31.5 Å². The highest BCUT2D eigenvalue weighted by molar-refractivity contribution is 7.99. The van der Waals surface area contributed by atoms with Gasteiger partial charge in [-0.05, 0) is 25.3 Å². The first-order chi connectivity index (χ1) is 12.5. The number of nitrogens with zero attached hydrogens (tertiary/aromatic N) is 4. The lowest BCUT2D eigenvalue weighted by Crippen LogP contribution is -2.41. The molecule has 8 heteroatoms. The van der Waals surface area contributed by atoms with Gasteiger partial charge in [0.05, 0.1) is 18.2 Å². The first-order valence-corrected chi connectivity index (χ1v) is 9.60. The molecule has 0 bridgehead atoms. The Balaban J connectivity index is 1.57. The minimum Gasteiger partial charge on any atom is -0.481 e.